The quantitative estimate of drug-likeness (QED) is 0.220. The van der Waals surface area contributed by atoms with E-state index in [1.54, 1.807) is 0 Å². The molecule has 2 radical (unpaired) electrons. The third-order valence-corrected chi connectivity index (χ3v) is 7.61. The molecule has 2 aliphatic carbocycles. The van der Waals surface area contributed by atoms with Gasteiger partial charge in [0.05, 0.1) is 50.4 Å². The van der Waals surface area contributed by atoms with Crippen LogP contribution in [0.5, 0.6) is 0 Å². The summed E-state index contributed by atoms with van der Waals surface area (Å²) in [6, 6.07) is -1.20. The van der Waals surface area contributed by atoms with Crippen molar-refractivity contribution >= 4 is 15.4 Å². The Bertz CT molecular complexity index is 872. The highest BCUT2D eigenvalue weighted by Gasteiger charge is 2.46. The number of hydrogen-bond donors (Lipinski definition) is 3. The molecule has 14 heteroatoms. The standard InChI is InChI=1S/C20H34BN4O8P/c1-12-13-3-5-15-16(6-4-14(12)13)24(23-22-15)7-8-30-9-10-31-25-19(26)17(11-32-34(2,28)29)33-18(21)20(25)27/h12-14,17-20,26-27H,3-11H2,1-2H3,(H,28,29). The molecule has 4 rings (SSSR count). The summed E-state index contributed by atoms with van der Waals surface area (Å²) in [5.74, 6) is 2.52. The van der Waals surface area contributed by atoms with Crippen molar-refractivity contribution in [2.24, 2.45) is 17.8 Å². The van der Waals surface area contributed by atoms with Crippen molar-refractivity contribution in [1.82, 2.24) is 20.1 Å². The lowest BCUT2D eigenvalue weighted by atomic mass is 9.96. The third kappa shape index (κ3) is 6.26. The van der Waals surface area contributed by atoms with Crippen molar-refractivity contribution in [3.63, 3.8) is 0 Å². The Morgan fingerprint density at radius 1 is 1.18 bits per heavy atom. The highest BCUT2D eigenvalue weighted by Crippen LogP contribution is 2.52. The summed E-state index contributed by atoms with van der Waals surface area (Å²) in [6.07, 6.45) is 0.398. The number of hydrogen-bond acceptors (Lipinski definition) is 10. The Hall–Kier alpha value is -0.885. The van der Waals surface area contributed by atoms with Crippen LogP contribution in [0.2, 0.25) is 0 Å². The van der Waals surface area contributed by atoms with E-state index >= 15 is 0 Å². The van der Waals surface area contributed by atoms with Crippen molar-refractivity contribution in [2.75, 3.05) is 33.1 Å². The van der Waals surface area contributed by atoms with Gasteiger partial charge in [0.25, 0.3) is 0 Å². The Balaban J connectivity index is 1.18. The van der Waals surface area contributed by atoms with Crippen molar-refractivity contribution in [3.8, 4) is 0 Å². The average Bonchev–Trinajstić information content (AvgIpc) is 3.19. The van der Waals surface area contributed by atoms with Gasteiger partial charge in [-0.15, -0.1) is 10.2 Å². The average molecular weight is 500 g/mol. The molecule has 1 aromatic heterocycles. The zero-order valence-corrected chi connectivity index (χ0v) is 20.5. The Labute approximate surface area is 200 Å². The maximum Gasteiger partial charge on any atom is 0.325 e. The van der Waals surface area contributed by atoms with Gasteiger partial charge in [-0.25, -0.2) is 4.68 Å². The molecule has 1 saturated carbocycles. The van der Waals surface area contributed by atoms with E-state index < -0.39 is 38.8 Å². The summed E-state index contributed by atoms with van der Waals surface area (Å²) >= 11 is 0. The Morgan fingerprint density at radius 3 is 2.65 bits per heavy atom. The lowest BCUT2D eigenvalue weighted by Gasteiger charge is -2.43. The summed E-state index contributed by atoms with van der Waals surface area (Å²) in [5, 5.41) is 30.1. The van der Waals surface area contributed by atoms with E-state index in [1.165, 1.54) is 18.5 Å². The van der Waals surface area contributed by atoms with E-state index in [9.17, 15) is 19.7 Å². The van der Waals surface area contributed by atoms with Crippen LogP contribution in [0.25, 0.3) is 0 Å². The minimum atomic E-state index is -3.77. The molecule has 0 bridgehead atoms. The van der Waals surface area contributed by atoms with Crippen LogP contribution in [-0.2, 0) is 42.8 Å². The predicted molar refractivity (Wildman–Crippen MR) is 120 cm³/mol. The number of morpholine rings is 1. The van der Waals surface area contributed by atoms with Gasteiger partial charge in [-0.2, -0.15) is 0 Å². The molecule has 12 nitrogen and oxygen atoms in total. The second-order valence-electron chi connectivity index (χ2n) is 9.34. The van der Waals surface area contributed by atoms with Crippen molar-refractivity contribution < 1.29 is 38.5 Å². The van der Waals surface area contributed by atoms with Gasteiger partial charge in [0.1, 0.15) is 20.2 Å². The van der Waals surface area contributed by atoms with Gasteiger partial charge in [0.15, 0.2) is 6.23 Å². The number of aromatic nitrogens is 3. The smallest absolute Gasteiger partial charge is 0.325 e. The minimum Gasteiger partial charge on any atom is -0.377 e. The van der Waals surface area contributed by atoms with Gasteiger partial charge in [0, 0.05) is 6.66 Å². The predicted octanol–water partition coefficient (Wildman–Crippen LogP) is -0.349. The summed E-state index contributed by atoms with van der Waals surface area (Å²) in [5.41, 5.74) is 2.31. The highest BCUT2D eigenvalue weighted by molar-refractivity contribution is 7.51. The van der Waals surface area contributed by atoms with Crippen molar-refractivity contribution in [2.45, 2.75) is 63.7 Å². The molecular formula is C20H34BN4O8P. The molecule has 190 valence electrons. The second-order valence-corrected chi connectivity index (χ2v) is 11.2. The van der Waals surface area contributed by atoms with Gasteiger partial charge in [-0.05, 0) is 43.4 Å². The first-order valence-electron chi connectivity index (χ1n) is 11.8. The van der Waals surface area contributed by atoms with Crippen LogP contribution in [-0.4, -0.2) is 101 Å². The number of aliphatic hydroxyl groups is 2. The molecule has 0 aromatic carbocycles. The largest absolute Gasteiger partial charge is 0.377 e. The molecule has 2 heterocycles. The first kappa shape index (κ1) is 26.2. The number of nitrogens with zero attached hydrogens (tertiary/aromatic N) is 4. The molecule has 1 saturated heterocycles. The molecule has 1 aromatic rings. The van der Waals surface area contributed by atoms with Crippen LogP contribution in [0.1, 0.15) is 31.2 Å². The fourth-order valence-electron chi connectivity index (χ4n) is 4.97. The van der Waals surface area contributed by atoms with E-state index in [4.69, 9.17) is 26.7 Å². The molecule has 8 unspecified atom stereocenters. The molecule has 34 heavy (non-hydrogen) atoms. The van der Waals surface area contributed by atoms with E-state index in [1.807, 2.05) is 4.68 Å². The first-order valence-corrected chi connectivity index (χ1v) is 13.8. The van der Waals surface area contributed by atoms with Gasteiger partial charge >= 0.3 is 7.60 Å². The summed E-state index contributed by atoms with van der Waals surface area (Å²) in [7, 11) is 1.95. The SMILES string of the molecule is [B]C1OC(COP(C)(=O)O)C(O)N(OCCOCCn2nnc3c2CCC2C(C)C2CC3)C1O. The van der Waals surface area contributed by atoms with Crippen LogP contribution in [0.3, 0.4) is 0 Å². The second kappa shape index (κ2) is 11.0. The van der Waals surface area contributed by atoms with Crippen LogP contribution in [0, 0.1) is 17.8 Å². The first-order chi connectivity index (χ1) is 16.2. The minimum absolute atomic E-state index is 0.0388. The number of aliphatic hydroxyl groups excluding tert-OH is 2. The van der Waals surface area contributed by atoms with Crippen LogP contribution >= 0.6 is 7.60 Å². The van der Waals surface area contributed by atoms with Gasteiger partial charge in [0.2, 0.25) is 0 Å². The topological polar surface area (TPSA) is 149 Å². The fraction of sp³-hybridized carbons (Fsp3) is 0.900. The molecule has 3 aliphatic rings. The summed E-state index contributed by atoms with van der Waals surface area (Å²) in [6.45, 7) is 4.19. The van der Waals surface area contributed by atoms with Crippen LogP contribution in [0.15, 0.2) is 0 Å². The van der Waals surface area contributed by atoms with Gasteiger partial charge in [-0.1, -0.05) is 12.1 Å². The van der Waals surface area contributed by atoms with Crippen molar-refractivity contribution in [1.29, 1.82) is 0 Å². The maximum atomic E-state index is 11.3. The molecular weight excluding hydrogens is 466 g/mol. The van der Waals surface area contributed by atoms with Gasteiger partial charge in [-0.3, -0.25) is 9.40 Å². The Kier molecular flexibility index (Phi) is 8.49. The zero-order valence-electron chi connectivity index (χ0n) is 19.6. The normalized spacial score (nSPS) is 35.6. The number of ether oxygens (including phenoxy) is 2. The molecule has 8 atom stereocenters. The highest BCUT2D eigenvalue weighted by atomic mass is 31.2. The molecule has 0 spiro atoms. The van der Waals surface area contributed by atoms with Crippen molar-refractivity contribution in [3.05, 3.63) is 11.4 Å². The monoisotopic (exact) mass is 500 g/mol. The van der Waals surface area contributed by atoms with Crippen LogP contribution in [0.4, 0.5) is 0 Å². The maximum absolute atomic E-state index is 11.3. The fourth-order valence-corrected chi connectivity index (χ4v) is 5.39. The summed E-state index contributed by atoms with van der Waals surface area (Å²) < 4.78 is 29.0. The number of rotatable bonds is 10. The van der Waals surface area contributed by atoms with Gasteiger partial charge < -0.3 is 29.1 Å². The number of hydroxylamine groups is 2. The van der Waals surface area contributed by atoms with E-state index in [0.717, 1.165) is 48.0 Å². The number of aryl methyl sites for hydroxylation is 1. The van der Waals surface area contributed by atoms with Crippen LogP contribution < -0.4 is 0 Å². The zero-order chi connectivity index (χ0) is 24.5. The summed E-state index contributed by atoms with van der Waals surface area (Å²) in [4.78, 5) is 14.7. The Morgan fingerprint density at radius 2 is 1.91 bits per heavy atom. The third-order valence-electron chi connectivity index (χ3n) is 6.98. The lowest BCUT2D eigenvalue weighted by molar-refractivity contribution is -0.368. The molecule has 0 amide bonds. The van der Waals surface area contributed by atoms with E-state index in [2.05, 4.69) is 17.2 Å². The number of fused-ring (bicyclic) bond motifs is 2. The van der Waals surface area contributed by atoms with E-state index in [0.29, 0.717) is 13.2 Å². The lowest BCUT2D eigenvalue weighted by Crippen LogP contribution is -2.62. The molecule has 3 N–H and O–H groups in total. The van der Waals surface area contributed by atoms with E-state index in [-0.39, 0.29) is 13.2 Å². The molecule has 1 aliphatic heterocycles. The molecule has 2 fully saturated rings.